The van der Waals surface area contributed by atoms with Crippen molar-refractivity contribution in [3.8, 4) is 0 Å². The minimum atomic E-state index is -0.686. The molecule has 4 amide bonds. The van der Waals surface area contributed by atoms with Crippen LogP contribution in [-0.2, 0) is 9.59 Å². The summed E-state index contributed by atoms with van der Waals surface area (Å²) in [5, 5.41) is 6.21. The first-order chi connectivity index (χ1) is 12.3. The van der Waals surface area contributed by atoms with Crippen LogP contribution in [0.4, 0.5) is 4.79 Å². The highest BCUT2D eigenvalue weighted by Crippen LogP contribution is 2.35. The number of nitrogens with one attached hydrogen (secondary N) is 4. The van der Waals surface area contributed by atoms with E-state index in [1.807, 2.05) is 0 Å². The molecule has 4 N–H and O–H groups in total. The van der Waals surface area contributed by atoms with Crippen molar-refractivity contribution in [2.75, 3.05) is 13.1 Å². The molecule has 1 aliphatic heterocycles. The quantitative estimate of drug-likeness (QED) is 0.299. The van der Waals surface area contributed by atoms with Gasteiger partial charge < -0.3 is 10.6 Å². The summed E-state index contributed by atoms with van der Waals surface area (Å²) in [7, 11) is 0. The van der Waals surface area contributed by atoms with Gasteiger partial charge in [0, 0.05) is 19.5 Å². The lowest BCUT2D eigenvalue weighted by atomic mass is 9.98. The number of hydrogen-bond acceptors (Lipinski definition) is 4. The average molecular weight is 384 g/mol. The zero-order valence-electron chi connectivity index (χ0n) is 15.5. The fourth-order valence-electron chi connectivity index (χ4n) is 3.30. The molecule has 0 atom stereocenters. The van der Waals surface area contributed by atoms with Crippen molar-refractivity contribution in [1.82, 2.24) is 26.4 Å². The van der Waals surface area contributed by atoms with E-state index in [-0.39, 0.29) is 30.8 Å². The van der Waals surface area contributed by atoms with E-state index in [1.54, 1.807) is 0 Å². The van der Waals surface area contributed by atoms with Gasteiger partial charge in [0.05, 0.1) is 0 Å². The van der Waals surface area contributed by atoms with Crippen LogP contribution in [0.1, 0.15) is 58.8 Å². The van der Waals surface area contributed by atoms with Gasteiger partial charge in [-0.25, -0.2) is 4.79 Å². The molecule has 0 aromatic carbocycles. The molecule has 8 nitrogen and oxygen atoms in total. The maximum Gasteiger partial charge on any atom is 0.325 e. The van der Waals surface area contributed by atoms with Gasteiger partial charge in [-0.2, -0.15) is 0 Å². The van der Waals surface area contributed by atoms with Crippen molar-refractivity contribution >= 4 is 35.2 Å². The van der Waals surface area contributed by atoms with Gasteiger partial charge in [-0.05, 0) is 43.8 Å². The Bertz CT molecular complexity index is 561. The van der Waals surface area contributed by atoms with Crippen LogP contribution in [0.3, 0.4) is 0 Å². The minimum absolute atomic E-state index is 0.144. The zero-order valence-corrected chi connectivity index (χ0v) is 16.3. The van der Waals surface area contributed by atoms with Crippen LogP contribution in [0.2, 0.25) is 0 Å². The van der Waals surface area contributed by atoms with E-state index in [9.17, 15) is 14.4 Å². The summed E-state index contributed by atoms with van der Waals surface area (Å²) in [5.74, 6) is 0.198. The van der Waals surface area contributed by atoms with Gasteiger partial charge in [-0.15, -0.1) is 0 Å². The summed E-state index contributed by atoms with van der Waals surface area (Å²) in [4.78, 5) is 37.6. The third kappa shape index (κ3) is 5.30. The summed E-state index contributed by atoms with van der Waals surface area (Å²) >= 11 is 5.07. The third-order valence-electron chi connectivity index (χ3n) is 4.81. The van der Waals surface area contributed by atoms with Crippen molar-refractivity contribution in [3.05, 3.63) is 0 Å². The fourth-order valence-corrected chi connectivity index (χ4v) is 3.46. The molecule has 0 aromatic heterocycles. The Balaban J connectivity index is 1.63. The monoisotopic (exact) mass is 383 g/mol. The Morgan fingerprint density at radius 2 is 1.96 bits per heavy atom. The standard InChI is InChI=1S/C17H29N5O3S/c1-12(2)7-10-18-15(26)21-20-13(23)6-5-11-22-14(24)17(19-16(22)25)8-3-4-9-17/h12H,3-11H2,1-2H3,(H,19,25)(H,20,23)(H2,18,21,26). The summed E-state index contributed by atoms with van der Waals surface area (Å²) in [5.41, 5.74) is 4.49. The van der Waals surface area contributed by atoms with E-state index in [0.29, 0.717) is 30.3 Å². The van der Waals surface area contributed by atoms with Crippen molar-refractivity contribution in [1.29, 1.82) is 0 Å². The molecule has 0 radical (unpaired) electrons. The van der Waals surface area contributed by atoms with Gasteiger partial charge in [0.25, 0.3) is 5.91 Å². The average Bonchev–Trinajstić information content (AvgIpc) is 3.13. The Labute approximate surface area is 159 Å². The van der Waals surface area contributed by atoms with Crippen molar-refractivity contribution < 1.29 is 14.4 Å². The Morgan fingerprint density at radius 3 is 2.62 bits per heavy atom. The molecule has 1 saturated carbocycles. The first-order valence-corrected chi connectivity index (χ1v) is 9.72. The highest BCUT2D eigenvalue weighted by Gasteiger charge is 2.51. The summed E-state index contributed by atoms with van der Waals surface area (Å²) in [6.07, 6.45) is 4.93. The molecule has 0 unspecified atom stereocenters. The van der Waals surface area contributed by atoms with Crippen LogP contribution >= 0.6 is 12.2 Å². The third-order valence-corrected chi connectivity index (χ3v) is 5.06. The van der Waals surface area contributed by atoms with Crippen molar-refractivity contribution in [2.45, 2.75) is 64.3 Å². The SMILES string of the molecule is CC(C)CCNC(=S)NNC(=O)CCCN1C(=O)NC2(CCCC2)C1=O. The molecule has 0 aromatic rings. The Morgan fingerprint density at radius 1 is 1.27 bits per heavy atom. The number of urea groups is 1. The largest absolute Gasteiger partial charge is 0.361 e. The van der Waals surface area contributed by atoms with E-state index in [1.165, 1.54) is 4.90 Å². The molecular weight excluding hydrogens is 354 g/mol. The molecule has 2 aliphatic rings. The van der Waals surface area contributed by atoms with Gasteiger partial charge in [0.15, 0.2) is 5.11 Å². The lowest BCUT2D eigenvalue weighted by molar-refractivity contribution is -0.131. The maximum atomic E-state index is 12.5. The number of carbonyl (C=O) groups excluding carboxylic acids is 3. The van der Waals surface area contributed by atoms with E-state index < -0.39 is 5.54 Å². The first kappa shape index (κ1) is 20.4. The van der Waals surface area contributed by atoms with Crippen LogP contribution in [0.25, 0.3) is 0 Å². The number of hydrazine groups is 1. The minimum Gasteiger partial charge on any atom is -0.361 e. The zero-order chi connectivity index (χ0) is 19.2. The number of nitrogens with zero attached hydrogens (tertiary/aromatic N) is 1. The predicted molar refractivity (Wildman–Crippen MR) is 102 cm³/mol. The molecule has 1 spiro atoms. The van der Waals surface area contributed by atoms with E-state index >= 15 is 0 Å². The second-order valence-electron chi connectivity index (χ2n) is 7.39. The predicted octanol–water partition coefficient (Wildman–Crippen LogP) is 1.17. The number of imide groups is 1. The second kappa shape index (κ2) is 9.16. The van der Waals surface area contributed by atoms with E-state index in [0.717, 1.165) is 25.8 Å². The molecule has 9 heteroatoms. The molecule has 0 bridgehead atoms. The van der Waals surface area contributed by atoms with Crippen LogP contribution in [0.15, 0.2) is 0 Å². The van der Waals surface area contributed by atoms with Crippen LogP contribution in [0, 0.1) is 5.92 Å². The Kier molecular flexibility index (Phi) is 7.19. The van der Waals surface area contributed by atoms with Gasteiger partial charge in [-0.1, -0.05) is 26.7 Å². The van der Waals surface area contributed by atoms with Crippen molar-refractivity contribution in [3.63, 3.8) is 0 Å². The molecule has 1 saturated heterocycles. The number of hydrogen-bond donors (Lipinski definition) is 4. The molecule has 1 heterocycles. The Hall–Kier alpha value is -1.90. The number of rotatable bonds is 7. The second-order valence-corrected chi connectivity index (χ2v) is 7.80. The van der Waals surface area contributed by atoms with Gasteiger partial charge in [0.1, 0.15) is 5.54 Å². The van der Waals surface area contributed by atoms with Crippen LogP contribution in [0.5, 0.6) is 0 Å². The van der Waals surface area contributed by atoms with Crippen molar-refractivity contribution in [2.24, 2.45) is 5.92 Å². The first-order valence-electron chi connectivity index (χ1n) is 9.31. The molecule has 26 heavy (non-hydrogen) atoms. The number of thiocarbonyl (C=S) groups is 1. The number of amides is 4. The lowest BCUT2D eigenvalue weighted by Crippen LogP contribution is -2.47. The lowest BCUT2D eigenvalue weighted by Gasteiger charge is -2.20. The molecule has 146 valence electrons. The van der Waals surface area contributed by atoms with Gasteiger partial charge >= 0.3 is 6.03 Å². The summed E-state index contributed by atoms with van der Waals surface area (Å²) in [6, 6.07) is -0.342. The normalized spacial score (nSPS) is 18.3. The fraction of sp³-hybridized carbons (Fsp3) is 0.765. The highest BCUT2D eigenvalue weighted by atomic mass is 32.1. The molecule has 2 rings (SSSR count). The highest BCUT2D eigenvalue weighted by molar-refractivity contribution is 7.80. The summed E-state index contributed by atoms with van der Waals surface area (Å²) in [6.45, 7) is 5.24. The van der Waals surface area contributed by atoms with Crippen LogP contribution < -0.4 is 21.5 Å². The maximum absolute atomic E-state index is 12.5. The summed E-state index contributed by atoms with van der Waals surface area (Å²) < 4.78 is 0. The topological polar surface area (TPSA) is 103 Å². The number of carbonyl (C=O) groups is 3. The smallest absolute Gasteiger partial charge is 0.325 e. The van der Waals surface area contributed by atoms with Gasteiger partial charge in [-0.3, -0.25) is 25.3 Å². The molecule has 2 fully saturated rings. The van der Waals surface area contributed by atoms with E-state index in [2.05, 4.69) is 35.3 Å². The molecule has 1 aliphatic carbocycles. The van der Waals surface area contributed by atoms with Crippen LogP contribution in [-0.4, -0.2) is 46.5 Å². The van der Waals surface area contributed by atoms with E-state index in [4.69, 9.17) is 12.2 Å². The van der Waals surface area contributed by atoms with Gasteiger partial charge in [0.2, 0.25) is 5.91 Å². The molecular formula is C17H29N5O3S.